The van der Waals surface area contributed by atoms with Crippen molar-refractivity contribution in [2.24, 2.45) is 50.2 Å². The molecule has 47 heavy (non-hydrogen) atoms. The molecule has 266 valence electrons. The van der Waals surface area contributed by atoms with Gasteiger partial charge in [0.05, 0.1) is 30.7 Å². The van der Waals surface area contributed by atoms with Crippen molar-refractivity contribution in [3.8, 4) is 0 Å². The summed E-state index contributed by atoms with van der Waals surface area (Å²) in [6, 6.07) is 0. The molecule has 0 spiro atoms. The molecule has 1 aliphatic heterocycles. The average molecular weight is 663 g/mol. The predicted octanol–water partition coefficient (Wildman–Crippen LogP) is 3.65. The van der Waals surface area contributed by atoms with Crippen LogP contribution < -0.4 is 0 Å². The van der Waals surface area contributed by atoms with Gasteiger partial charge < -0.3 is 39.7 Å². The molecule has 0 aromatic rings. The highest BCUT2D eigenvalue weighted by Gasteiger charge is 2.70. The standard InChI is InChI=1S/C37H58O10/c1-32(2)23-10-13-36(6)24(34(23,4)12-11-25(32)39)9-8-20-21-18-33(3,30(43)45-7)14-16-37(21,17-15-35(20,36)5)31(44)47-29-28(42)27(41)26(40)22(19-38)46-29/h8,21-29,38-42H,9-19H2,1-7H3/t21-,22+,23-,24+,25-,26+,27-,28+,29-,33-,34-,35+,36+,37-/m0/s1. The Morgan fingerprint density at radius 1 is 0.851 bits per heavy atom. The average Bonchev–Trinajstić information content (AvgIpc) is 3.03. The second-order valence-corrected chi connectivity index (χ2v) is 17.7. The monoisotopic (exact) mass is 662 g/mol. The molecule has 0 aromatic carbocycles. The van der Waals surface area contributed by atoms with E-state index in [1.54, 1.807) is 0 Å². The van der Waals surface area contributed by atoms with Crippen LogP contribution in [-0.4, -0.2) is 88.0 Å². The third kappa shape index (κ3) is 4.78. The Morgan fingerprint density at radius 3 is 2.19 bits per heavy atom. The van der Waals surface area contributed by atoms with Crippen LogP contribution in [0.5, 0.6) is 0 Å². The van der Waals surface area contributed by atoms with Crippen molar-refractivity contribution < 1.29 is 49.3 Å². The third-order valence-corrected chi connectivity index (χ3v) is 15.5. The van der Waals surface area contributed by atoms with E-state index in [1.165, 1.54) is 12.7 Å². The molecule has 14 atom stereocenters. The number of ether oxygens (including phenoxy) is 3. The maximum atomic E-state index is 14.5. The summed E-state index contributed by atoms with van der Waals surface area (Å²) in [5.74, 6) is -0.350. The Kier molecular flexibility index (Phi) is 8.62. The SMILES string of the molecule is COC(=O)[C@@]1(C)CC[C@]2(C(=O)O[C@@H]3O[C@H](CO)[C@@H](O)[C@H](O)[C@H]3O)CC[C@]3(C)C(=CC[C@@H]4[C@@]5(C)CC[C@H](O)C(C)(C)[C@@H]5CC[C@]43C)[C@@H]2C1. The van der Waals surface area contributed by atoms with Gasteiger partial charge in [-0.2, -0.15) is 0 Å². The molecule has 4 saturated carbocycles. The quantitative estimate of drug-likeness (QED) is 0.222. The Bertz CT molecular complexity index is 1300. The molecule has 5 fully saturated rings. The maximum Gasteiger partial charge on any atom is 0.315 e. The van der Waals surface area contributed by atoms with Crippen molar-refractivity contribution >= 4 is 11.9 Å². The van der Waals surface area contributed by atoms with E-state index in [9.17, 15) is 35.1 Å². The van der Waals surface area contributed by atoms with Gasteiger partial charge in [0.15, 0.2) is 0 Å². The highest BCUT2D eigenvalue weighted by molar-refractivity contribution is 5.81. The van der Waals surface area contributed by atoms with Gasteiger partial charge in [0.25, 0.3) is 0 Å². The smallest absolute Gasteiger partial charge is 0.315 e. The first-order chi connectivity index (χ1) is 21.9. The van der Waals surface area contributed by atoms with Gasteiger partial charge >= 0.3 is 11.9 Å². The van der Waals surface area contributed by atoms with Crippen molar-refractivity contribution in [2.75, 3.05) is 13.7 Å². The molecule has 5 N–H and O–H groups in total. The lowest BCUT2D eigenvalue weighted by atomic mass is 9.33. The van der Waals surface area contributed by atoms with E-state index in [4.69, 9.17) is 14.2 Å². The summed E-state index contributed by atoms with van der Waals surface area (Å²) in [5, 5.41) is 52.2. The molecule has 5 aliphatic carbocycles. The zero-order valence-corrected chi connectivity index (χ0v) is 29.3. The molecule has 6 rings (SSSR count). The number of aliphatic hydroxyl groups is 5. The Labute approximate surface area is 279 Å². The molecule has 10 heteroatoms. The molecule has 0 amide bonds. The van der Waals surface area contributed by atoms with Gasteiger partial charge in [-0.15, -0.1) is 0 Å². The molecule has 0 aromatic heterocycles. The van der Waals surface area contributed by atoms with E-state index >= 15 is 0 Å². The molecule has 0 bridgehead atoms. The lowest BCUT2D eigenvalue weighted by molar-refractivity contribution is -0.297. The molecule has 0 unspecified atom stereocenters. The largest absolute Gasteiger partial charge is 0.469 e. The fourth-order valence-corrected chi connectivity index (χ4v) is 12.3. The van der Waals surface area contributed by atoms with Crippen LogP contribution in [0, 0.1) is 50.2 Å². The van der Waals surface area contributed by atoms with Crippen molar-refractivity contribution in [3.05, 3.63) is 11.6 Å². The van der Waals surface area contributed by atoms with Crippen LogP contribution in [0.25, 0.3) is 0 Å². The van der Waals surface area contributed by atoms with E-state index in [-0.39, 0.29) is 39.7 Å². The third-order valence-electron chi connectivity index (χ3n) is 15.5. The first-order valence-electron chi connectivity index (χ1n) is 17.8. The second kappa shape index (κ2) is 11.5. The number of hydrogen-bond donors (Lipinski definition) is 5. The van der Waals surface area contributed by atoms with Crippen molar-refractivity contribution in [1.82, 2.24) is 0 Å². The van der Waals surface area contributed by atoms with Crippen molar-refractivity contribution in [3.63, 3.8) is 0 Å². The van der Waals surface area contributed by atoms with Gasteiger partial charge in [-0.25, -0.2) is 0 Å². The molecule has 1 saturated heterocycles. The zero-order chi connectivity index (χ0) is 34.5. The Morgan fingerprint density at radius 2 is 1.53 bits per heavy atom. The lowest BCUT2D eigenvalue weighted by Gasteiger charge is -2.71. The number of fused-ring (bicyclic) bond motifs is 7. The molecular formula is C37H58O10. The molecule has 0 radical (unpaired) electrons. The van der Waals surface area contributed by atoms with Gasteiger partial charge in [-0.05, 0) is 111 Å². The normalized spacial score (nSPS) is 52.1. The minimum atomic E-state index is -1.69. The van der Waals surface area contributed by atoms with Gasteiger partial charge in [0.2, 0.25) is 6.29 Å². The van der Waals surface area contributed by atoms with Crippen LogP contribution in [0.15, 0.2) is 11.6 Å². The van der Waals surface area contributed by atoms with E-state index in [2.05, 4.69) is 40.7 Å². The summed E-state index contributed by atoms with van der Waals surface area (Å²) in [4.78, 5) is 27.7. The molecule has 6 aliphatic rings. The number of esters is 2. The number of rotatable bonds is 4. The van der Waals surface area contributed by atoms with Crippen molar-refractivity contribution in [2.45, 2.75) is 143 Å². The topological polar surface area (TPSA) is 163 Å². The van der Waals surface area contributed by atoms with Crippen LogP contribution >= 0.6 is 0 Å². The molecular weight excluding hydrogens is 604 g/mol. The lowest BCUT2D eigenvalue weighted by Crippen LogP contribution is -2.65. The van der Waals surface area contributed by atoms with E-state index < -0.39 is 54.1 Å². The summed E-state index contributed by atoms with van der Waals surface area (Å²) in [7, 11) is 1.40. The summed E-state index contributed by atoms with van der Waals surface area (Å²) in [5.41, 5.74) is -0.982. The van der Waals surface area contributed by atoms with Gasteiger partial charge in [0, 0.05) is 0 Å². The van der Waals surface area contributed by atoms with Crippen molar-refractivity contribution in [1.29, 1.82) is 0 Å². The van der Waals surface area contributed by atoms with E-state index in [0.717, 1.165) is 38.5 Å². The summed E-state index contributed by atoms with van der Waals surface area (Å²) in [6.07, 6.45) is 1.65. The number of carbonyl (C=O) groups excluding carboxylic acids is 2. The minimum Gasteiger partial charge on any atom is -0.469 e. The van der Waals surface area contributed by atoms with Crippen LogP contribution in [0.3, 0.4) is 0 Å². The molecule has 10 nitrogen and oxygen atoms in total. The summed E-state index contributed by atoms with van der Waals surface area (Å²) >= 11 is 0. The number of hydrogen-bond acceptors (Lipinski definition) is 10. The van der Waals surface area contributed by atoms with Crippen LogP contribution in [0.1, 0.15) is 106 Å². The fourth-order valence-electron chi connectivity index (χ4n) is 12.3. The number of allylic oxidation sites excluding steroid dienone is 2. The summed E-state index contributed by atoms with van der Waals surface area (Å²) in [6.45, 7) is 13.0. The molecule has 1 heterocycles. The van der Waals surface area contributed by atoms with E-state index in [1.807, 2.05) is 6.92 Å². The highest BCUT2D eigenvalue weighted by atomic mass is 16.7. The maximum absolute atomic E-state index is 14.5. The first kappa shape index (κ1) is 35.3. The van der Waals surface area contributed by atoms with Gasteiger partial charge in [0.1, 0.15) is 24.4 Å². The zero-order valence-electron chi connectivity index (χ0n) is 29.3. The van der Waals surface area contributed by atoms with Crippen LogP contribution in [0.2, 0.25) is 0 Å². The predicted molar refractivity (Wildman–Crippen MR) is 171 cm³/mol. The second-order valence-electron chi connectivity index (χ2n) is 17.7. The Hall–Kier alpha value is -1.56. The highest BCUT2D eigenvalue weighted by Crippen LogP contribution is 2.76. The number of aliphatic hydroxyl groups excluding tert-OH is 5. The Balaban J connectivity index is 1.39. The van der Waals surface area contributed by atoms with Gasteiger partial charge in [-0.1, -0.05) is 46.3 Å². The first-order valence-corrected chi connectivity index (χ1v) is 17.8. The summed E-state index contributed by atoms with van der Waals surface area (Å²) < 4.78 is 16.8. The number of carbonyl (C=O) groups is 2. The van der Waals surface area contributed by atoms with Crippen LogP contribution in [0.4, 0.5) is 0 Å². The van der Waals surface area contributed by atoms with E-state index in [0.29, 0.717) is 37.5 Å². The fraction of sp³-hybridized carbons (Fsp3) is 0.892. The van der Waals surface area contributed by atoms with Gasteiger partial charge in [-0.3, -0.25) is 9.59 Å². The minimum absolute atomic E-state index is 0.0600. The van der Waals surface area contributed by atoms with Crippen LogP contribution in [-0.2, 0) is 23.8 Å². The number of methoxy groups -OCH3 is 1.